The fraction of sp³-hybridized carbons (Fsp3) is 0.545. The zero-order valence-corrected chi connectivity index (χ0v) is 11.9. The largest absolute Gasteiger partial charge is 0.394 e. The van der Waals surface area contributed by atoms with Crippen molar-refractivity contribution < 1.29 is 14.6 Å². The first-order valence-corrected chi connectivity index (χ1v) is 7.00. The maximum Gasteiger partial charge on any atom is 0.264 e. The van der Waals surface area contributed by atoms with Gasteiger partial charge in [-0.2, -0.15) is 0 Å². The van der Waals surface area contributed by atoms with Gasteiger partial charge in [0.25, 0.3) is 5.91 Å². The Labute approximate surface area is 112 Å². The molecule has 1 fully saturated rings. The second-order valence-electron chi connectivity index (χ2n) is 3.98. The SMILES string of the molecule is Cc1cc(C(=O)N2CCOCC2CO)sc1Br. The molecular formula is C11H14BrNO3S. The molecule has 0 aromatic carbocycles. The number of thiophene rings is 1. The minimum absolute atomic E-state index is 0.0221. The van der Waals surface area contributed by atoms with Crippen LogP contribution in [0.4, 0.5) is 0 Å². The Morgan fingerprint density at radius 2 is 2.53 bits per heavy atom. The number of aliphatic hydroxyl groups is 1. The third-order valence-electron chi connectivity index (χ3n) is 2.77. The van der Waals surface area contributed by atoms with Gasteiger partial charge in [0.05, 0.1) is 34.5 Å². The Kier molecular flexibility index (Phi) is 4.19. The van der Waals surface area contributed by atoms with Crippen molar-refractivity contribution in [3.05, 3.63) is 20.3 Å². The van der Waals surface area contributed by atoms with Crippen LogP contribution in [0.15, 0.2) is 9.85 Å². The third-order valence-corrected chi connectivity index (χ3v) is 4.89. The first-order valence-electron chi connectivity index (χ1n) is 5.39. The minimum Gasteiger partial charge on any atom is -0.394 e. The molecule has 0 spiro atoms. The highest BCUT2D eigenvalue weighted by Gasteiger charge is 2.28. The highest BCUT2D eigenvalue weighted by atomic mass is 79.9. The Morgan fingerprint density at radius 1 is 1.76 bits per heavy atom. The highest BCUT2D eigenvalue weighted by molar-refractivity contribution is 9.11. The standard InChI is InChI=1S/C11H14BrNO3S/c1-7-4-9(17-10(7)12)11(15)13-2-3-16-6-8(13)5-14/h4,8,14H,2-3,5-6H2,1H3. The molecule has 1 aromatic heterocycles. The summed E-state index contributed by atoms with van der Waals surface area (Å²) in [6.07, 6.45) is 0. The van der Waals surface area contributed by atoms with Crippen molar-refractivity contribution in [2.75, 3.05) is 26.4 Å². The van der Waals surface area contributed by atoms with E-state index in [1.54, 1.807) is 4.90 Å². The van der Waals surface area contributed by atoms with Gasteiger partial charge >= 0.3 is 0 Å². The lowest BCUT2D eigenvalue weighted by Crippen LogP contribution is -2.50. The van der Waals surface area contributed by atoms with E-state index >= 15 is 0 Å². The molecule has 1 unspecified atom stereocenters. The van der Waals surface area contributed by atoms with E-state index in [-0.39, 0.29) is 18.6 Å². The Morgan fingerprint density at radius 3 is 3.12 bits per heavy atom. The van der Waals surface area contributed by atoms with Gasteiger partial charge in [-0.1, -0.05) is 0 Å². The molecule has 4 nitrogen and oxygen atoms in total. The Balaban J connectivity index is 2.18. The summed E-state index contributed by atoms with van der Waals surface area (Å²) in [6.45, 7) is 3.39. The van der Waals surface area contributed by atoms with Gasteiger partial charge in [-0.15, -0.1) is 11.3 Å². The van der Waals surface area contributed by atoms with Gasteiger partial charge in [-0.25, -0.2) is 0 Å². The molecule has 0 bridgehead atoms. The van der Waals surface area contributed by atoms with E-state index in [4.69, 9.17) is 4.74 Å². The smallest absolute Gasteiger partial charge is 0.264 e. The summed E-state index contributed by atoms with van der Waals surface area (Å²) < 4.78 is 6.24. The number of nitrogens with zero attached hydrogens (tertiary/aromatic N) is 1. The number of morpholine rings is 1. The predicted octanol–water partition coefficient (Wildman–Crippen LogP) is 1.65. The molecule has 1 amide bonds. The van der Waals surface area contributed by atoms with E-state index in [1.807, 2.05) is 13.0 Å². The monoisotopic (exact) mass is 319 g/mol. The van der Waals surface area contributed by atoms with E-state index < -0.39 is 0 Å². The Hall–Kier alpha value is -0.430. The molecule has 17 heavy (non-hydrogen) atoms. The highest BCUT2D eigenvalue weighted by Crippen LogP contribution is 2.28. The topological polar surface area (TPSA) is 49.8 Å². The van der Waals surface area contributed by atoms with Crippen molar-refractivity contribution in [2.45, 2.75) is 13.0 Å². The number of aliphatic hydroxyl groups excluding tert-OH is 1. The Bertz CT molecular complexity index is 401. The molecule has 1 aliphatic heterocycles. The first kappa shape index (κ1) is 13.0. The van der Waals surface area contributed by atoms with Gasteiger partial charge in [-0.3, -0.25) is 4.79 Å². The molecule has 94 valence electrons. The van der Waals surface area contributed by atoms with Gasteiger partial charge < -0.3 is 14.7 Å². The summed E-state index contributed by atoms with van der Waals surface area (Å²) in [6, 6.07) is 1.65. The molecule has 6 heteroatoms. The first-order chi connectivity index (χ1) is 8.13. The van der Waals surface area contributed by atoms with Crippen LogP contribution in [0.1, 0.15) is 15.2 Å². The molecule has 0 radical (unpaired) electrons. The molecule has 2 heterocycles. The van der Waals surface area contributed by atoms with E-state index in [2.05, 4.69) is 15.9 Å². The third kappa shape index (κ3) is 2.70. The zero-order valence-electron chi connectivity index (χ0n) is 9.48. The van der Waals surface area contributed by atoms with Crippen molar-refractivity contribution in [3.63, 3.8) is 0 Å². The maximum atomic E-state index is 12.3. The molecule has 1 aliphatic rings. The molecule has 0 saturated carbocycles. The molecule has 1 aromatic rings. The molecule has 1 atom stereocenters. The van der Waals surface area contributed by atoms with Crippen LogP contribution in [0.25, 0.3) is 0 Å². The van der Waals surface area contributed by atoms with Gasteiger partial charge in [0.15, 0.2) is 0 Å². The fourth-order valence-corrected chi connectivity index (χ4v) is 3.27. The zero-order chi connectivity index (χ0) is 12.4. The number of hydrogen-bond acceptors (Lipinski definition) is 4. The lowest BCUT2D eigenvalue weighted by Gasteiger charge is -2.34. The van der Waals surface area contributed by atoms with Crippen LogP contribution in [-0.2, 0) is 4.74 Å². The van der Waals surface area contributed by atoms with E-state index in [1.165, 1.54) is 11.3 Å². The number of carbonyl (C=O) groups is 1. The lowest BCUT2D eigenvalue weighted by atomic mass is 10.2. The second-order valence-corrected chi connectivity index (χ2v) is 6.35. The van der Waals surface area contributed by atoms with Crippen LogP contribution < -0.4 is 0 Å². The molecular weight excluding hydrogens is 306 g/mol. The summed E-state index contributed by atoms with van der Waals surface area (Å²) >= 11 is 4.85. The van der Waals surface area contributed by atoms with Crippen LogP contribution in [0.3, 0.4) is 0 Å². The van der Waals surface area contributed by atoms with Crippen molar-refractivity contribution >= 4 is 33.2 Å². The van der Waals surface area contributed by atoms with Crippen molar-refractivity contribution in [1.29, 1.82) is 0 Å². The minimum atomic E-state index is -0.225. The molecule has 2 rings (SSSR count). The average Bonchev–Trinajstić information content (AvgIpc) is 2.68. The van der Waals surface area contributed by atoms with E-state index in [9.17, 15) is 9.90 Å². The van der Waals surface area contributed by atoms with Crippen molar-refractivity contribution in [2.24, 2.45) is 0 Å². The number of carbonyl (C=O) groups excluding carboxylic acids is 1. The van der Waals surface area contributed by atoms with Gasteiger partial charge in [-0.05, 0) is 34.5 Å². The average molecular weight is 320 g/mol. The van der Waals surface area contributed by atoms with Crippen LogP contribution in [0.5, 0.6) is 0 Å². The number of hydrogen-bond donors (Lipinski definition) is 1. The van der Waals surface area contributed by atoms with Crippen molar-refractivity contribution in [3.8, 4) is 0 Å². The summed E-state index contributed by atoms with van der Waals surface area (Å²) in [5, 5.41) is 9.24. The van der Waals surface area contributed by atoms with Crippen LogP contribution in [0, 0.1) is 6.92 Å². The number of halogens is 1. The molecule has 1 N–H and O–H groups in total. The number of aryl methyl sites for hydroxylation is 1. The molecule has 1 saturated heterocycles. The van der Waals surface area contributed by atoms with Gasteiger partial charge in [0.2, 0.25) is 0 Å². The number of amides is 1. The summed E-state index contributed by atoms with van der Waals surface area (Å²) in [7, 11) is 0. The lowest BCUT2D eigenvalue weighted by molar-refractivity contribution is -0.0181. The quantitative estimate of drug-likeness (QED) is 0.901. The van der Waals surface area contributed by atoms with E-state index in [0.717, 1.165) is 9.35 Å². The summed E-state index contributed by atoms with van der Waals surface area (Å²) in [4.78, 5) is 14.7. The summed E-state index contributed by atoms with van der Waals surface area (Å²) in [5.74, 6) is -0.0221. The van der Waals surface area contributed by atoms with Crippen LogP contribution in [0.2, 0.25) is 0 Å². The summed E-state index contributed by atoms with van der Waals surface area (Å²) in [5.41, 5.74) is 1.06. The van der Waals surface area contributed by atoms with Crippen LogP contribution >= 0.6 is 27.3 Å². The normalized spacial score (nSPS) is 20.6. The van der Waals surface area contributed by atoms with Crippen molar-refractivity contribution in [1.82, 2.24) is 4.90 Å². The maximum absolute atomic E-state index is 12.3. The fourth-order valence-electron chi connectivity index (χ4n) is 1.78. The van der Waals surface area contributed by atoms with Crippen LogP contribution in [-0.4, -0.2) is 48.3 Å². The second kappa shape index (κ2) is 5.48. The predicted molar refractivity (Wildman–Crippen MR) is 69.5 cm³/mol. The van der Waals surface area contributed by atoms with E-state index in [0.29, 0.717) is 24.6 Å². The number of ether oxygens (including phenoxy) is 1. The van der Waals surface area contributed by atoms with Gasteiger partial charge in [0.1, 0.15) is 0 Å². The molecule has 0 aliphatic carbocycles. The van der Waals surface area contributed by atoms with Gasteiger partial charge in [0, 0.05) is 6.54 Å². The number of rotatable bonds is 2.